The first-order chi connectivity index (χ1) is 14.2. The van der Waals surface area contributed by atoms with Gasteiger partial charge in [0.1, 0.15) is 13.2 Å². The van der Waals surface area contributed by atoms with E-state index in [0.717, 1.165) is 42.0 Å². The van der Waals surface area contributed by atoms with E-state index in [0.29, 0.717) is 25.3 Å². The van der Waals surface area contributed by atoms with Gasteiger partial charge in [0, 0.05) is 19.5 Å². The molecule has 150 valence electrons. The van der Waals surface area contributed by atoms with Gasteiger partial charge in [0.15, 0.2) is 17.1 Å². The summed E-state index contributed by atoms with van der Waals surface area (Å²) in [5.41, 5.74) is 2.32. The van der Waals surface area contributed by atoms with Crippen LogP contribution in [0.5, 0.6) is 11.5 Å². The maximum Gasteiger partial charge on any atom is 0.419 e. The molecule has 0 N–H and O–H groups in total. The first-order valence-corrected chi connectivity index (χ1v) is 9.98. The normalized spacial score (nSPS) is 18.3. The van der Waals surface area contributed by atoms with Gasteiger partial charge in [-0.25, -0.2) is 4.79 Å². The summed E-state index contributed by atoms with van der Waals surface area (Å²) < 4.78 is 18.1. The third-order valence-corrected chi connectivity index (χ3v) is 5.65. The van der Waals surface area contributed by atoms with Crippen molar-refractivity contribution in [2.45, 2.75) is 31.8 Å². The van der Waals surface area contributed by atoms with Crippen LogP contribution in [0.1, 0.15) is 30.9 Å². The molecular weight excluding hydrogens is 372 g/mol. The Kier molecular flexibility index (Phi) is 4.50. The number of hydrogen-bond acceptors (Lipinski definition) is 5. The van der Waals surface area contributed by atoms with Crippen LogP contribution in [-0.2, 0) is 11.3 Å². The fourth-order valence-electron chi connectivity index (χ4n) is 4.26. The zero-order valence-corrected chi connectivity index (χ0v) is 16.0. The lowest BCUT2D eigenvalue weighted by Gasteiger charge is -2.27. The van der Waals surface area contributed by atoms with Crippen molar-refractivity contribution >= 4 is 17.0 Å². The fourth-order valence-corrected chi connectivity index (χ4v) is 4.26. The Balaban J connectivity index is 1.33. The van der Waals surface area contributed by atoms with Gasteiger partial charge in [0.25, 0.3) is 0 Å². The lowest BCUT2D eigenvalue weighted by Crippen LogP contribution is -2.32. The number of carbonyl (C=O) groups excluding carboxylic acids is 1. The number of para-hydroxylation sites is 2. The SMILES string of the molecule is O=C(CCn1c(=O)oc2ccccc21)N1CCC[C@@H]1c1ccc2c(c1)OCCO2. The first-order valence-electron chi connectivity index (χ1n) is 9.98. The second-order valence-corrected chi connectivity index (χ2v) is 7.39. The van der Waals surface area contributed by atoms with Crippen molar-refractivity contribution in [2.24, 2.45) is 0 Å². The van der Waals surface area contributed by atoms with Gasteiger partial charge in [-0.15, -0.1) is 0 Å². The summed E-state index contributed by atoms with van der Waals surface area (Å²) in [6.07, 6.45) is 2.13. The largest absolute Gasteiger partial charge is 0.486 e. The summed E-state index contributed by atoms with van der Waals surface area (Å²) in [4.78, 5) is 27.0. The Hall–Kier alpha value is -3.22. The van der Waals surface area contributed by atoms with Crippen molar-refractivity contribution in [1.29, 1.82) is 0 Å². The maximum atomic E-state index is 13.0. The van der Waals surface area contributed by atoms with Crippen molar-refractivity contribution in [3.8, 4) is 11.5 Å². The molecule has 0 radical (unpaired) electrons. The minimum absolute atomic E-state index is 0.0242. The molecule has 0 unspecified atom stereocenters. The number of aromatic nitrogens is 1. The number of benzene rings is 2. The monoisotopic (exact) mass is 394 g/mol. The van der Waals surface area contributed by atoms with Gasteiger partial charge in [0.2, 0.25) is 5.91 Å². The highest BCUT2D eigenvalue weighted by Crippen LogP contribution is 2.38. The third-order valence-electron chi connectivity index (χ3n) is 5.65. The number of ether oxygens (including phenoxy) is 2. The molecule has 29 heavy (non-hydrogen) atoms. The number of rotatable bonds is 4. The molecule has 1 atom stereocenters. The minimum atomic E-state index is -0.427. The average Bonchev–Trinajstić information content (AvgIpc) is 3.36. The van der Waals surface area contributed by atoms with Crippen molar-refractivity contribution in [2.75, 3.05) is 19.8 Å². The summed E-state index contributed by atoms with van der Waals surface area (Å²) in [6.45, 7) is 2.12. The number of likely N-dealkylation sites (tertiary alicyclic amines) is 1. The van der Waals surface area contributed by atoms with E-state index in [1.807, 2.05) is 41.3 Å². The van der Waals surface area contributed by atoms with Crippen LogP contribution in [0.4, 0.5) is 0 Å². The van der Waals surface area contributed by atoms with E-state index in [4.69, 9.17) is 13.9 Å². The second-order valence-electron chi connectivity index (χ2n) is 7.39. The van der Waals surface area contributed by atoms with Gasteiger partial charge < -0.3 is 18.8 Å². The van der Waals surface area contributed by atoms with Crippen molar-refractivity contribution in [3.63, 3.8) is 0 Å². The maximum absolute atomic E-state index is 13.0. The topological polar surface area (TPSA) is 73.9 Å². The van der Waals surface area contributed by atoms with E-state index in [2.05, 4.69) is 0 Å². The molecule has 1 saturated heterocycles. The van der Waals surface area contributed by atoms with Crippen molar-refractivity contribution < 1.29 is 18.7 Å². The summed E-state index contributed by atoms with van der Waals surface area (Å²) >= 11 is 0. The standard InChI is InChI=1S/C22H22N2O5/c25-21(9-11-24-17-4-1-2-6-18(17)29-22(24)26)23-10-3-5-16(23)15-7-8-19-20(14-15)28-13-12-27-19/h1-2,4,6-8,14,16H,3,5,9-13H2/t16-/m1/s1. The molecule has 2 aliphatic rings. The Morgan fingerprint density at radius 2 is 1.90 bits per heavy atom. The summed E-state index contributed by atoms with van der Waals surface area (Å²) in [7, 11) is 0. The molecule has 3 aromatic rings. The Labute approximate surface area is 167 Å². The van der Waals surface area contributed by atoms with Crippen LogP contribution in [0.3, 0.4) is 0 Å². The summed E-state index contributed by atoms with van der Waals surface area (Å²) in [5, 5.41) is 0. The molecule has 2 aromatic carbocycles. The lowest BCUT2D eigenvalue weighted by atomic mass is 10.0. The highest BCUT2D eigenvalue weighted by atomic mass is 16.6. The van der Waals surface area contributed by atoms with E-state index < -0.39 is 5.76 Å². The molecule has 7 heteroatoms. The van der Waals surface area contributed by atoms with Crippen LogP contribution in [-0.4, -0.2) is 35.1 Å². The third kappa shape index (κ3) is 3.26. The van der Waals surface area contributed by atoms with Crippen LogP contribution in [0, 0.1) is 0 Å². The van der Waals surface area contributed by atoms with E-state index in [1.165, 1.54) is 4.57 Å². The van der Waals surface area contributed by atoms with Gasteiger partial charge in [-0.3, -0.25) is 9.36 Å². The van der Waals surface area contributed by atoms with Gasteiger partial charge in [-0.05, 0) is 42.7 Å². The molecule has 0 spiro atoms. The molecule has 7 nitrogen and oxygen atoms in total. The van der Waals surface area contributed by atoms with Crippen LogP contribution in [0.2, 0.25) is 0 Å². The number of fused-ring (bicyclic) bond motifs is 2. The quantitative estimate of drug-likeness (QED) is 0.680. The Bertz CT molecular complexity index is 1120. The van der Waals surface area contributed by atoms with Gasteiger partial charge >= 0.3 is 5.76 Å². The van der Waals surface area contributed by atoms with Crippen LogP contribution >= 0.6 is 0 Å². The van der Waals surface area contributed by atoms with Crippen LogP contribution in [0.15, 0.2) is 51.7 Å². The van der Waals surface area contributed by atoms with Gasteiger partial charge in [-0.1, -0.05) is 18.2 Å². The number of carbonyl (C=O) groups is 1. The predicted molar refractivity (Wildman–Crippen MR) is 106 cm³/mol. The fraction of sp³-hybridized carbons (Fsp3) is 0.364. The van der Waals surface area contributed by atoms with E-state index in [9.17, 15) is 9.59 Å². The molecule has 0 bridgehead atoms. The van der Waals surface area contributed by atoms with E-state index in [1.54, 1.807) is 6.07 Å². The predicted octanol–water partition coefficient (Wildman–Crippen LogP) is 3.12. The highest BCUT2D eigenvalue weighted by molar-refractivity contribution is 5.78. The molecule has 0 aliphatic carbocycles. The molecular formula is C22H22N2O5. The van der Waals surface area contributed by atoms with E-state index in [-0.39, 0.29) is 18.4 Å². The molecule has 0 saturated carbocycles. The van der Waals surface area contributed by atoms with Crippen molar-refractivity contribution in [3.05, 3.63) is 58.6 Å². The van der Waals surface area contributed by atoms with Gasteiger partial charge in [0.05, 0.1) is 11.6 Å². The molecule has 1 fully saturated rings. The zero-order chi connectivity index (χ0) is 19.8. The van der Waals surface area contributed by atoms with Gasteiger partial charge in [-0.2, -0.15) is 0 Å². The Morgan fingerprint density at radius 1 is 1.07 bits per heavy atom. The van der Waals surface area contributed by atoms with Crippen molar-refractivity contribution in [1.82, 2.24) is 9.47 Å². The molecule has 2 aliphatic heterocycles. The number of aryl methyl sites for hydroxylation is 1. The molecule has 5 rings (SSSR count). The summed E-state index contributed by atoms with van der Waals surface area (Å²) in [5.74, 6) is 1.11. The number of nitrogens with zero attached hydrogens (tertiary/aromatic N) is 2. The second kappa shape index (κ2) is 7.31. The number of amides is 1. The number of hydrogen-bond donors (Lipinski definition) is 0. The molecule has 3 heterocycles. The average molecular weight is 394 g/mol. The van der Waals surface area contributed by atoms with Crippen LogP contribution < -0.4 is 15.2 Å². The van der Waals surface area contributed by atoms with E-state index >= 15 is 0 Å². The molecule has 1 amide bonds. The smallest absolute Gasteiger partial charge is 0.419 e. The lowest BCUT2D eigenvalue weighted by molar-refractivity contribution is -0.132. The number of oxazole rings is 1. The molecule has 1 aromatic heterocycles. The van der Waals surface area contributed by atoms with Crippen LogP contribution in [0.25, 0.3) is 11.1 Å². The minimum Gasteiger partial charge on any atom is -0.486 e. The first kappa shape index (κ1) is 17.8. The Morgan fingerprint density at radius 3 is 2.79 bits per heavy atom. The zero-order valence-electron chi connectivity index (χ0n) is 16.0. The highest BCUT2D eigenvalue weighted by Gasteiger charge is 2.30. The summed E-state index contributed by atoms with van der Waals surface area (Å²) in [6, 6.07) is 13.2.